The largest absolute Gasteiger partial charge is 0.461 e. The summed E-state index contributed by atoms with van der Waals surface area (Å²) in [5.74, 6) is 1.70. The van der Waals surface area contributed by atoms with E-state index in [9.17, 15) is 9.65 Å². The summed E-state index contributed by atoms with van der Waals surface area (Å²) in [5.41, 5.74) is 8.66. The van der Waals surface area contributed by atoms with E-state index in [1.165, 1.54) is 4.88 Å². The van der Waals surface area contributed by atoms with Gasteiger partial charge in [-0.3, -0.25) is 4.90 Å². The third-order valence-corrected chi connectivity index (χ3v) is 11.3. The van der Waals surface area contributed by atoms with Crippen LogP contribution in [0.5, 0.6) is 6.01 Å². The fourth-order valence-electron chi connectivity index (χ4n) is 8.30. The molecular weight excluding hydrogens is 545 g/mol. The lowest BCUT2D eigenvalue weighted by Gasteiger charge is -2.50. The van der Waals surface area contributed by atoms with Crippen molar-refractivity contribution in [2.24, 2.45) is 0 Å². The van der Waals surface area contributed by atoms with Crippen molar-refractivity contribution in [2.75, 3.05) is 74.7 Å². The summed E-state index contributed by atoms with van der Waals surface area (Å²) >= 11 is 1.57. The molecule has 3 atom stereocenters. The smallest absolute Gasteiger partial charge is 0.320 e. The highest BCUT2D eigenvalue weighted by Crippen LogP contribution is 2.53. The zero-order valence-electron chi connectivity index (χ0n) is 23.2. The lowest BCUT2D eigenvalue weighted by Crippen LogP contribution is -2.59. The maximum atomic E-state index is 14.4. The molecule has 2 aromatic rings. The van der Waals surface area contributed by atoms with Crippen molar-refractivity contribution in [3.63, 3.8) is 0 Å². The molecule has 0 aromatic carbocycles. The molecule has 0 bridgehead atoms. The van der Waals surface area contributed by atoms with Gasteiger partial charge in [0.05, 0.1) is 42.5 Å². The second kappa shape index (κ2) is 9.66. The zero-order valence-corrected chi connectivity index (χ0v) is 24.1. The molecule has 0 saturated carbocycles. The maximum absolute atomic E-state index is 14.4. The number of fused-ring (bicyclic) bond motifs is 6. The van der Waals surface area contributed by atoms with Gasteiger partial charge in [0.1, 0.15) is 35.5 Å². The number of alkyl halides is 1. The number of anilines is 3. The van der Waals surface area contributed by atoms with Gasteiger partial charge in [-0.2, -0.15) is 15.2 Å². The van der Waals surface area contributed by atoms with E-state index in [1.807, 2.05) is 0 Å². The van der Waals surface area contributed by atoms with Gasteiger partial charge >= 0.3 is 6.01 Å². The van der Waals surface area contributed by atoms with Crippen molar-refractivity contribution in [3.05, 3.63) is 21.6 Å². The summed E-state index contributed by atoms with van der Waals surface area (Å²) in [7, 11) is 0. The number of nitrogens with zero attached hydrogens (tertiary/aromatic N) is 6. The van der Waals surface area contributed by atoms with Gasteiger partial charge < -0.3 is 29.7 Å². The standard InChI is InChI=1S/C29H36FN7O3S/c30-18-9-29(4-1-6-36(29)11-18)17-40-27-33-25(21-14-39-13-19-12-38-8-2-7-37(19)26(21)34-27)35-15-28(16-35)5-3-22-23(28)20(10-31)24(32)41-22/h18-19H,1-9,11-17,32H2/t18-,19+,29+/m1/s1. The van der Waals surface area contributed by atoms with E-state index in [4.69, 9.17) is 29.9 Å². The Labute approximate surface area is 243 Å². The normalized spacial score (nSPS) is 30.1. The van der Waals surface area contributed by atoms with Crippen LogP contribution in [0.15, 0.2) is 0 Å². The molecule has 4 saturated heterocycles. The van der Waals surface area contributed by atoms with Gasteiger partial charge in [0.15, 0.2) is 0 Å². The van der Waals surface area contributed by atoms with Gasteiger partial charge in [-0.25, -0.2) is 4.39 Å². The molecule has 12 heteroatoms. The Morgan fingerprint density at radius 1 is 1.15 bits per heavy atom. The Bertz CT molecular complexity index is 1410. The second-order valence-corrected chi connectivity index (χ2v) is 13.8. The SMILES string of the molecule is N#Cc1c(N)sc2c1C1(CC2)CN(c2nc(OC[C@@]34CCCN3C[C@H](F)C4)nc3c2COC[C@@H]2COCCCN32)C1. The average Bonchev–Trinajstić information content (AvgIpc) is 3.57. The lowest BCUT2D eigenvalue weighted by atomic mass is 9.74. The van der Waals surface area contributed by atoms with Gasteiger partial charge in [0.25, 0.3) is 0 Å². The lowest BCUT2D eigenvalue weighted by molar-refractivity contribution is 0.0730. The molecule has 218 valence electrons. The number of rotatable bonds is 4. The van der Waals surface area contributed by atoms with Crippen LogP contribution in [-0.2, 0) is 27.9 Å². The zero-order chi connectivity index (χ0) is 27.8. The van der Waals surface area contributed by atoms with Crippen LogP contribution in [0.1, 0.15) is 53.7 Å². The summed E-state index contributed by atoms with van der Waals surface area (Å²) in [6.45, 7) is 6.45. The molecule has 5 aliphatic heterocycles. The van der Waals surface area contributed by atoms with Gasteiger partial charge in [-0.1, -0.05) is 0 Å². The number of halogens is 1. The minimum absolute atomic E-state index is 0.0764. The van der Waals surface area contributed by atoms with Crippen LogP contribution in [-0.4, -0.2) is 91.8 Å². The van der Waals surface area contributed by atoms with E-state index in [2.05, 4.69) is 20.8 Å². The monoisotopic (exact) mass is 581 g/mol. The van der Waals surface area contributed by atoms with E-state index in [-0.39, 0.29) is 17.0 Å². The number of thiophene rings is 1. The van der Waals surface area contributed by atoms with Crippen molar-refractivity contribution in [1.82, 2.24) is 14.9 Å². The highest BCUT2D eigenvalue weighted by Gasteiger charge is 2.53. The van der Waals surface area contributed by atoms with Crippen molar-refractivity contribution in [3.8, 4) is 12.1 Å². The first-order valence-corrected chi connectivity index (χ1v) is 15.7. The Hall–Kier alpha value is -2.72. The van der Waals surface area contributed by atoms with E-state index in [0.717, 1.165) is 81.0 Å². The highest BCUT2D eigenvalue weighted by molar-refractivity contribution is 7.16. The predicted octanol–water partition coefficient (Wildman–Crippen LogP) is 2.78. The number of aromatic nitrogens is 2. The number of nitriles is 1. The first kappa shape index (κ1) is 25.9. The first-order valence-electron chi connectivity index (χ1n) is 14.9. The predicted molar refractivity (Wildman–Crippen MR) is 152 cm³/mol. The molecule has 10 nitrogen and oxygen atoms in total. The van der Waals surface area contributed by atoms with Crippen LogP contribution in [0.4, 0.5) is 21.0 Å². The molecule has 1 spiro atoms. The topological polar surface area (TPSA) is 113 Å². The first-order chi connectivity index (χ1) is 20.0. The quantitative estimate of drug-likeness (QED) is 0.578. The fourth-order valence-corrected chi connectivity index (χ4v) is 9.44. The summed E-state index contributed by atoms with van der Waals surface area (Å²) in [5, 5.41) is 10.5. The molecule has 0 unspecified atom stereocenters. The van der Waals surface area contributed by atoms with E-state index in [0.29, 0.717) is 62.6 Å². The maximum Gasteiger partial charge on any atom is 0.320 e. The molecule has 1 aliphatic carbocycles. The molecule has 41 heavy (non-hydrogen) atoms. The molecule has 4 fully saturated rings. The minimum Gasteiger partial charge on any atom is -0.461 e. The fraction of sp³-hybridized carbons (Fsp3) is 0.690. The van der Waals surface area contributed by atoms with E-state index >= 15 is 0 Å². The van der Waals surface area contributed by atoms with Crippen LogP contribution >= 0.6 is 11.3 Å². The summed E-state index contributed by atoms with van der Waals surface area (Å²) in [6.07, 6.45) is 4.58. The van der Waals surface area contributed by atoms with E-state index < -0.39 is 6.17 Å². The molecular formula is C29H36FN7O3S. The molecule has 0 radical (unpaired) electrons. The number of nitrogen functional groups attached to an aromatic ring is 1. The van der Waals surface area contributed by atoms with Crippen molar-refractivity contribution >= 4 is 28.0 Å². The van der Waals surface area contributed by atoms with Gasteiger partial charge in [-0.15, -0.1) is 11.3 Å². The van der Waals surface area contributed by atoms with Gasteiger partial charge in [0, 0.05) is 49.5 Å². The Balaban J connectivity index is 1.14. The molecule has 2 aromatic heterocycles. The van der Waals surface area contributed by atoms with Crippen LogP contribution in [0.25, 0.3) is 0 Å². The van der Waals surface area contributed by atoms with Crippen molar-refractivity contribution in [2.45, 2.75) is 68.3 Å². The van der Waals surface area contributed by atoms with E-state index in [1.54, 1.807) is 11.3 Å². The number of ether oxygens (including phenoxy) is 3. The van der Waals surface area contributed by atoms with Crippen LogP contribution in [0, 0.1) is 11.3 Å². The highest BCUT2D eigenvalue weighted by atomic mass is 32.1. The summed E-state index contributed by atoms with van der Waals surface area (Å²) in [4.78, 5) is 18.1. The Morgan fingerprint density at radius 3 is 2.88 bits per heavy atom. The second-order valence-electron chi connectivity index (χ2n) is 12.7. The Morgan fingerprint density at radius 2 is 2.00 bits per heavy atom. The molecule has 7 heterocycles. The van der Waals surface area contributed by atoms with Gasteiger partial charge in [0.2, 0.25) is 0 Å². The summed E-state index contributed by atoms with van der Waals surface area (Å²) < 4.78 is 32.9. The van der Waals surface area contributed by atoms with Crippen molar-refractivity contribution < 1.29 is 18.6 Å². The number of hydrogen-bond donors (Lipinski definition) is 1. The number of hydrogen-bond acceptors (Lipinski definition) is 11. The molecule has 0 amide bonds. The molecule has 6 aliphatic rings. The van der Waals surface area contributed by atoms with Crippen LogP contribution < -0.4 is 20.3 Å². The third kappa shape index (κ3) is 4.03. The average molecular weight is 582 g/mol. The van der Waals surface area contributed by atoms with Crippen LogP contribution in [0.3, 0.4) is 0 Å². The van der Waals surface area contributed by atoms with Gasteiger partial charge in [-0.05, 0) is 44.2 Å². The Kier molecular flexibility index (Phi) is 6.11. The summed E-state index contributed by atoms with van der Waals surface area (Å²) in [6, 6.07) is 2.80. The minimum atomic E-state index is -0.810. The molecule has 8 rings (SSSR count). The molecule has 2 N–H and O–H groups in total. The van der Waals surface area contributed by atoms with Crippen molar-refractivity contribution in [1.29, 1.82) is 5.26 Å². The third-order valence-electron chi connectivity index (χ3n) is 10.2. The van der Waals surface area contributed by atoms with Crippen LogP contribution in [0.2, 0.25) is 0 Å². The number of aryl methyl sites for hydroxylation is 1. The number of nitrogens with two attached hydrogens (primary N) is 1.